The van der Waals surface area contributed by atoms with Crippen molar-refractivity contribution in [3.8, 4) is 0 Å². The van der Waals surface area contributed by atoms with E-state index in [0.29, 0.717) is 0 Å². The van der Waals surface area contributed by atoms with Crippen LogP contribution in [0.4, 0.5) is 0 Å². The molecule has 1 aromatic rings. The maximum Gasteiger partial charge on any atom is 0.245 e. The van der Waals surface area contributed by atoms with Crippen molar-refractivity contribution in [1.29, 1.82) is 0 Å². The van der Waals surface area contributed by atoms with Crippen LogP contribution < -0.4 is 27.0 Å². The largest absolute Gasteiger partial charge is 0.394 e. The van der Waals surface area contributed by atoms with Gasteiger partial charge in [-0.2, -0.15) is 0 Å². The van der Waals surface area contributed by atoms with Crippen molar-refractivity contribution in [3.63, 3.8) is 0 Å². The Balaban J connectivity index is 2.98. The summed E-state index contributed by atoms with van der Waals surface area (Å²) in [7, 11) is 0. The van der Waals surface area contributed by atoms with E-state index in [4.69, 9.17) is 10.8 Å². The normalized spacial score (nSPS) is 14.2. The van der Waals surface area contributed by atoms with Crippen LogP contribution in [0.3, 0.4) is 0 Å². The summed E-state index contributed by atoms with van der Waals surface area (Å²) in [5.74, 6) is -3.72. The summed E-state index contributed by atoms with van der Waals surface area (Å²) in [6.07, 6.45) is 0.398. The topological polar surface area (TPSA) is 200 Å². The quantitative estimate of drug-likeness (QED) is 0.151. The van der Waals surface area contributed by atoms with Gasteiger partial charge in [-0.25, -0.2) is 0 Å². The van der Waals surface area contributed by atoms with Crippen molar-refractivity contribution in [2.75, 3.05) is 13.2 Å². The monoisotopic (exact) mass is 493 g/mol. The van der Waals surface area contributed by atoms with Crippen molar-refractivity contribution in [3.05, 3.63) is 35.9 Å². The van der Waals surface area contributed by atoms with E-state index >= 15 is 0 Å². The van der Waals surface area contributed by atoms with Crippen LogP contribution in [0.1, 0.15) is 32.8 Å². The fraction of sp³-hybridized carbons (Fsp3) is 0.522. The zero-order valence-electron chi connectivity index (χ0n) is 20.1. The van der Waals surface area contributed by atoms with E-state index in [1.54, 1.807) is 24.3 Å². The van der Waals surface area contributed by atoms with Crippen molar-refractivity contribution >= 4 is 29.5 Å². The number of primary amides is 1. The number of amides is 5. The molecule has 0 radical (unpaired) electrons. The van der Waals surface area contributed by atoms with Crippen LogP contribution in [0.15, 0.2) is 30.3 Å². The molecule has 1 aromatic carbocycles. The van der Waals surface area contributed by atoms with Crippen LogP contribution in [0.2, 0.25) is 0 Å². The first-order valence-corrected chi connectivity index (χ1v) is 11.2. The molecule has 4 atom stereocenters. The molecule has 0 aliphatic heterocycles. The van der Waals surface area contributed by atoms with Crippen molar-refractivity contribution < 1.29 is 34.2 Å². The van der Waals surface area contributed by atoms with Crippen LogP contribution in [0, 0.1) is 5.92 Å². The zero-order chi connectivity index (χ0) is 26.5. The summed E-state index contributed by atoms with van der Waals surface area (Å²) >= 11 is 0. The molecule has 12 heteroatoms. The lowest BCUT2D eigenvalue weighted by atomic mass is 10.0. The fourth-order valence-electron chi connectivity index (χ4n) is 3.23. The number of aliphatic hydroxyl groups is 2. The highest BCUT2D eigenvalue weighted by Crippen LogP contribution is 2.08. The molecule has 0 aliphatic rings. The summed E-state index contributed by atoms with van der Waals surface area (Å²) in [4.78, 5) is 61.2. The van der Waals surface area contributed by atoms with E-state index in [9.17, 15) is 29.1 Å². The Morgan fingerprint density at radius 3 is 1.74 bits per heavy atom. The van der Waals surface area contributed by atoms with Crippen molar-refractivity contribution in [1.82, 2.24) is 21.3 Å². The molecule has 35 heavy (non-hydrogen) atoms. The number of rotatable bonds is 14. The molecule has 0 bridgehead atoms. The summed E-state index contributed by atoms with van der Waals surface area (Å²) in [5, 5.41) is 28.4. The van der Waals surface area contributed by atoms with E-state index in [2.05, 4.69) is 21.3 Å². The number of nitrogens with one attached hydrogen (secondary N) is 4. The third-order valence-electron chi connectivity index (χ3n) is 4.97. The maximum atomic E-state index is 13.0. The molecule has 0 saturated heterocycles. The molecular formula is C23H35N5O7. The Hall–Kier alpha value is -3.51. The van der Waals surface area contributed by atoms with E-state index in [-0.39, 0.29) is 18.8 Å². The predicted octanol–water partition coefficient (Wildman–Crippen LogP) is -2.30. The summed E-state index contributed by atoms with van der Waals surface area (Å²) in [6.45, 7) is 3.37. The Bertz CT molecular complexity index is 878. The number of carbonyl (C=O) groups excluding carboxylic acids is 5. The number of carbonyl (C=O) groups is 5. The van der Waals surface area contributed by atoms with Gasteiger partial charge in [-0.3, -0.25) is 24.0 Å². The third-order valence-corrected chi connectivity index (χ3v) is 4.97. The molecule has 0 fully saturated rings. The smallest absolute Gasteiger partial charge is 0.245 e. The second-order valence-corrected chi connectivity index (χ2v) is 8.52. The molecule has 194 valence electrons. The van der Waals surface area contributed by atoms with Gasteiger partial charge < -0.3 is 37.2 Å². The molecule has 0 heterocycles. The second-order valence-electron chi connectivity index (χ2n) is 8.52. The van der Waals surface area contributed by atoms with Gasteiger partial charge in [0.25, 0.3) is 0 Å². The molecule has 0 aromatic heterocycles. The molecule has 5 amide bonds. The number of hydrogen-bond donors (Lipinski definition) is 7. The summed E-state index contributed by atoms with van der Waals surface area (Å²) in [6, 6.07) is 4.14. The fourth-order valence-corrected chi connectivity index (χ4v) is 3.23. The SMILES string of the molecule is CC(=O)N[C@@H](Cc1ccccc1)C(=O)N[C@@H](CC(C)C)C(=O)N[C@@H](CO)C(=O)N[C@@H](CO)C(N)=O. The third kappa shape index (κ3) is 10.5. The summed E-state index contributed by atoms with van der Waals surface area (Å²) < 4.78 is 0. The first-order chi connectivity index (χ1) is 16.5. The van der Waals surface area contributed by atoms with Crippen LogP contribution in [0.25, 0.3) is 0 Å². The van der Waals surface area contributed by atoms with Crippen molar-refractivity contribution in [2.24, 2.45) is 11.7 Å². The van der Waals surface area contributed by atoms with Crippen LogP contribution in [0.5, 0.6) is 0 Å². The number of nitrogens with two attached hydrogens (primary N) is 1. The van der Waals surface area contributed by atoms with E-state index in [1.165, 1.54) is 6.92 Å². The zero-order valence-corrected chi connectivity index (χ0v) is 20.1. The standard InChI is InChI=1S/C23H35N5O7/c1-13(2)9-16(21(33)28-19(12-30)23(35)27-18(11-29)20(24)32)26-22(34)17(25-14(3)31)10-15-7-5-4-6-8-15/h4-8,13,16-19,29-30H,9-12H2,1-3H3,(H2,24,32)(H,25,31)(H,26,34)(H,27,35)(H,28,33)/t16-,17-,18-,19-/m0/s1. The van der Waals surface area contributed by atoms with Crippen molar-refractivity contribution in [2.45, 2.75) is 57.8 Å². The van der Waals surface area contributed by atoms with Gasteiger partial charge in [0.15, 0.2) is 0 Å². The molecule has 0 saturated carbocycles. The molecule has 0 aliphatic carbocycles. The number of aliphatic hydroxyl groups excluding tert-OH is 2. The van der Waals surface area contributed by atoms with Gasteiger partial charge in [-0.1, -0.05) is 44.2 Å². The molecule has 0 spiro atoms. The lowest BCUT2D eigenvalue weighted by molar-refractivity contribution is -0.135. The first-order valence-electron chi connectivity index (χ1n) is 11.2. The van der Waals surface area contributed by atoms with E-state index in [0.717, 1.165) is 5.56 Å². The molecular weight excluding hydrogens is 458 g/mol. The Morgan fingerprint density at radius 2 is 1.26 bits per heavy atom. The van der Waals surface area contributed by atoms with Gasteiger partial charge in [0.2, 0.25) is 29.5 Å². The van der Waals surface area contributed by atoms with Crippen LogP contribution in [-0.4, -0.2) is 77.1 Å². The van der Waals surface area contributed by atoms with E-state index in [1.807, 2.05) is 19.9 Å². The Kier molecular flexibility index (Phi) is 12.4. The Morgan fingerprint density at radius 1 is 0.771 bits per heavy atom. The lowest BCUT2D eigenvalue weighted by Gasteiger charge is -2.26. The molecule has 0 unspecified atom stereocenters. The second kappa shape index (κ2) is 14.7. The average molecular weight is 494 g/mol. The van der Waals surface area contributed by atoms with Gasteiger partial charge in [0.1, 0.15) is 24.2 Å². The van der Waals surface area contributed by atoms with Crippen LogP contribution >= 0.6 is 0 Å². The van der Waals surface area contributed by atoms with Gasteiger partial charge in [0.05, 0.1) is 13.2 Å². The van der Waals surface area contributed by atoms with Gasteiger partial charge in [0, 0.05) is 13.3 Å². The van der Waals surface area contributed by atoms with Gasteiger partial charge in [-0.05, 0) is 17.9 Å². The van der Waals surface area contributed by atoms with Gasteiger partial charge in [-0.15, -0.1) is 0 Å². The van der Waals surface area contributed by atoms with Crippen LogP contribution in [-0.2, 0) is 30.4 Å². The highest BCUT2D eigenvalue weighted by atomic mass is 16.3. The Labute approximate surface area is 204 Å². The highest BCUT2D eigenvalue weighted by Gasteiger charge is 2.30. The minimum Gasteiger partial charge on any atom is -0.394 e. The van der Waals surface area contributed by atoms with Gasteiger partial charge >= 0.3 is 0 Å². The minimum atomic E-state index is -1.46. The lowest BCUT2D eigenvalue weighted by Crippen LogP contribution is -2.59. The molecule has 12 nitrogen and oxygen atoms in total. The minimum absolute atomic E-state index is 0.0329. The maximum absolute atomic E-state index is 13.0. The molecule has 1 rings (SSSR count). The highest BCUT2D eigenvalue weighted by molar-refractivity contribution is 5.95. The summed E-state index contributed by atoms with van der Waals surface area (Å²) in [5.41, 5.74) is 5.88. The first kappa shape index (κ1) is 29.5. The molecule has 8 N–H and O–H groups in total. The number of benzene rings is 1. The van der Waals surface area contributed by atoms with E-state index < -0.39 is 66.9 Å². The average Bonchev–Trinajstić information content (AvgIpc) is 2.79. The number of hydrogen-bond acceptors (Lipinski definition) is 7. The predicted molar refractivity (Wildman–Crippen MR) is 126 cm³/mol.